The summed E-state index contributed by atoms with van der Waals surface area (Å²) in [5.41, 5.74) is 4.65. The molecule has 1 aliphatic heterocycles. The lowest BCUT2D eigenvalue weighted by Gasteiger charge is -2.27. The van der Waals surface area contributed by atoms with E-state index in [2.05, 4.69) is 33.8 Å². The van der Waals surface area contributed by atoms with E-state index in [1.54, 1.807) is 18.3 Å². The Labute approximate surface area is 169 Å². The van der Waals surface area contributed by atoms with Crippen LogP contribution in [-0.2, 0) is 0 Å². The van der Waals surface area contributed by atoms with Crippen LogP contribution in [0.3, 0.4) is 0 Å². The first-order valence-corrected chi connectivity index (χ1v) is 9.56. The van der Waals surface area contributed by atoms with Crippen LogP contribution in [0.4, 0.5) is 4.39 Å². The van der Waals surface area contributed by atoms with Gasteiger partial charge in [0, 0.05) is 17.2 Å². The van der Waals surface area contributed by atoms with Gasteiger partial charge in [-0.3, -0.25) is 5.10 Å². The maximum atomic E-state index is 13.3. The number of aromatic nitrogens is 2. The maximum Gasteiger partial charge on any atom is 0.123 e. The molecule has 5 nitrogen and oxygen atoms in total. The van der Waals surface area contributed by atoms with Crippen LogP contribution >= 0.6 is 0 Å². The van der Waals surface area contributed by atoms with E-state index >= 15 is 0 Å². The molecule has 2 aromatic carbocycles. The third-order valence-corrected chi connectivity index (χ3v) is 4.91. The topological polar surface area (TPSA) is 73.0 Å². The lowest BCUT2D eigenvalue weighted by Crippen LogP contribution is -2.37. The molecule has 0 saturated heterocycles. The van der Waals surface area contributed by atoms with Gasteiger partial charge in [0.2, 0.25) is 0 Å². The smallest absolute Gasteiger partial charge is 0.123 e. The fraction of sp³-hybridized carbons (Fsp3) is 0.174. The zero-order valence-corrected chi connectivity index (χ0v) is 16.1. The first-order valence-electron chi connectivity index (χ1n) is 9.56. The Balaban J connectivity index is 1.63. The molecule has 29 heavy (non-hydrogen) atoms. The van der Waals surface area contributed by atoms with Crippen molar-refractivity contribution >= 4 is 5.57 Å². The molecule has 0 amide bonds. The Morgan fingerprint density at radius 2 is 1.90 bits per heavy atom. The Morgan fingerprint density at radius 3 is 2.62 bits per heavy atom. The summed E-state index contributed by atoms with van der Waals surface area (Å²) in [6.45, 7) is 2.03. The molecule has 4 rings (SSSR count). The van der Waals surface area contributed by atoms with E-state index in [1.807, 2.05) is 36.4 Å². The largest absolute Gasteiger partial charge is 0.394 e. The Kier molecular flexibility index (Phi) is 5.44. The number of aliphatic hydroxyl groups excluding tert-OH is 1. The number of rotatable bonds is 6. The van der Waals surface area contributed by atoms with Crippen molar-refractivity contribution in [2.75, 3.05) is 6.61 Å². The molecule has 0 fully saturated rings. The number of benzene rings is 2. The number of allylic oxidation sites excluding steroid dienone is 2. The predicted molar refractivity (Wildman–Crippen MR) is 112 cm³/mol. The van der Waals surface area contributed by atoms with Gasteiger partial charge < -0.3 is 15.7 Å². The summed E-state index contributed by atoms with van der Waals surface area (Å²) in [4.78, 5) is 0. The first kappa shape index (κ1) is 19.0. The van der Waals surface area contributed by atoms with E-state index in [0.717, 1.165) is 33.8 Å². The Morgan fingerprint density at radius 1 is 1.14 bits per heavy atom. The van der Waals surface area contributed by atoms with E-state index in [4.69, 9.17) is 0 Å². The van der Waals surface area contributed by atoms with Crippen LogP contribution < -0.4 is 10.6 Å². The number of dihydropyridines is 1. The number of H-pyrrole nitrogens is 1. The molecule has 2 atom stereocenters. The molecule has 0 radical (unpaired) electrons. The zero-order chi connectivity index (χ0) is 20.2. The Hall–Kier alpha value is -3.38. The molecule has 0 saturated carbocycles. The summed E-state index contributed by atoms with van der Waals surface area (Å²) in [6, 6.07) is 16.0. The summed E-state index contributed by atoms with van der Waals surface area (Å²) in [6.07, 6.45) is 5.89. The zero-order valence-electron chi connectivity index (χ0n) is 16.1. The maximum absolute atomic E-state index is 13.3. The summed E-state index contributed by atoms with van der Waals surface area (Å²) >= 11 is 0. The van der Waals surface area contributed by atoms with Gasteiger partial charge in [-0.15, -0.1) is 0 Å². The van der Waals surface area contributed by atoms with Gasteiger partial charge in [-0.25, -0.2) is 4.39 Å². The fourth-order valence-corrected chi connectivity index (χ4v) is 3.50. The summed E-state index contributed by atoms with van der Waals surface area (Å²) in [5.74, 6) is 0.552. The molecule has 1 aliphatic rings. The van der Waals surface area contributed by atoms with Gasteiger partial charge in [-0.1, -0.05) is 36.4 Å². The van der Waals surface area contributed by atoms with Gasteiger partial charge in [0.25, 0.3) is 0 Å². The van der Waals surface area contributed by atoms with Gasteiger partial charge >= 0.3 is 0 Å². The van der Waals surface area contributed by atoms with Gasteiger partial charge in [0.15, 0.2) is 0 Å². The lowest BCUT2D eigenvalue weighted by molar-refractivity contribution is 0.249. The molecule has 0 bridgehead atoms. The predicted octanol–water partition coefficient (Wildman–Crippen LogP) is 3.76. The quantitative estimate of drug-likeness (QED) is 0.517. The SMILES string of the molecule is CC1C=C(c2cn[nH]c2-c2ccc(F)cc2)C=C(N[C@H](CO)c2ccccc2)N1. The van der Waals surface area contributed by atoms with E-state index in [0.29, 0.717) is 0 Å². The summed E-state index contributed by atoms with van der Waals surface area (Å²) in [5, 5.41) is 23.9. The normalized spacial score (nSPS) is 17.1. The van der Waals surface area contributed by atoms with E-state index < -0.39 is 0 Å². The van der Waals surface area contributed by atoms with Crippen molar-refractivity contribution in [3.8, 4) is 11.3 Å². The highest BCUT2D eigenvalue weighted by atomic mass is 19.1. The van der Waals surface area contributed by atoms with Gasteiger partial charge in [0.1, 0.15) is 11.6 Å². The van der Waals surface area contributed by atoms with Crippen molar-refractivity contribution in [3.05, 3.63) is 95.7 Å². The van der Waals surface area contributed by atoms with Crippen molar-refractivity contribution in [2.24, 2.45) is 0 Å². The molecule has 0 aliphatic carbocycles. The van der Waals surface area contributed by atoms with Crippen LogP contribution in [0, 0.1) is 5.82 Å². The van der Waals surface area contributed by atoms with Gasteiger partial charge in [0.05, 0.1) is 24.5 Å². The average Bonchev–Trinajstić information content (AvgIpc) is 3.23. The molecule has 1 aromatic heterocycles. The average molecular weight is 390 g/mol. The second-order valence-electron chi connectivity index (χ2n) is 7.07. The molecule has 2 heterocycles. The van der Waals surface area contributed by atoms with Crippen LogP contribution in [0.25, 0.3) is 16.8 Å². The summed E-state index contributed by atoms with van der Waals surface area (Å²) in [7, 11) is 0. The molecule has 0 spiro atoms. The molecule has 4 N–H and O–H groups in total. The number of hydrogen-bond acceptors (Lipinski definition) is 4. The van der Waals surface area contributed by atoms with E-state index in [-0.39, 0.29) is 24.5 Å². The second-order valence-corrected chi connectivity index (χ2v) is 7.07. The minimum atomic E-state index is -0.271. The minimum absolute atomic E-state index is 0.0248. The highest BCUT2D eigenvalue weighted by Crippen LogP contribution is 2.30. The van der Waals surface area contributed by atoms with Crippen molar-refractivity contribution < 1.29 is 9.50 Å². The van der Waals surface area contributed by atoms with Crippen molar-refractivity contribution in [3.63, 3.8) is 0 Å². The fourth-order valence-electron chi connectivity index (χ4n) is 3.50. The van der Waals surface area contributed by atoms with Crippen molar-refractivity contribution in [1.29, 1.82) is 0 Å². The highest BCUT2D eigenvalue weighted by Gasteiger charge is 2.19. The third-order valence-electron chi connectivity index (χ3n) is 4.91. The number of aliphatic hydroxyl groups is 1. The number of nitrogens with zero attached hydrogens (tertiary/aromatic N) is 1. The molecule has 6 heteroatoms. The lowest BCUT2D eigenvalue weighted by atomic mass is 9.98. The molecule has 1 unspecified atom stereocenters. The molecule has 148 valence electrons. The van der Waals surface area contributed by atoms with Crippen LogP contribution in [-0.4, -0.2) is 28.0 Å². The number of nitrogens with one attached hydrogen (secondary N) is 3. The monoisotopic (exact) mass is 390 g/mol. The third kappa shape index (κ3) is 4.22. The second kappa shape index (κ2) is 8.32. The molecule has 3 aromatic rings. The van der Waals surface area contributed by atoms with Gasteiger partial charge in [-0.05, 0) is 48.4 Å². The summed E-state index contributed by atoms with van der Waals surface area (Å²) < 4.78 is 13.3. The van der Waals surface area contributed by atoms with E-state index in [9.17, 15) is 9.50 Å². The highest BCUT2D eigenvalue weighted by molar-refractivity contribution is 5.84. The van der Waals surface area contributed by atoms with E-state index in [1.165, 1.54) is 12.1 Å². The molecular formula is C23H23FN4O. The van der Waals surface area contributed by atoms with Crippen LogP contribution in [0.2, 0.25) is 0 Å². The standard InChI is InChI=1S/C23H23FN4O/c1-15-11-18(20-13-25-28-23(20)17-7-9-19(24)10-8-17)12-22(26-15)27-21(14-29)16-5-3-2-4-6-16/h2-13,15,21,26-27,29H,14H2,1H3,(H,25,28)/t15?,21-/m1/s1. The van der Waals surface area contributed by atoms with Crippen molar-refractivity contribution in [1.82, 2.24) is 20.8 Å². The number of halogens is 1. The van der Waals surface area contributed by atoms with Gasteiger partial charge in [-0.2, -0.15) is 5.10 Å². The van der Waals surface area contributed by atoms with Crippen molar-refractivity contribution in [2.45, 2.75) is 19.0 Å². The van der Waals surface area contributed by atoms with Crippen LogP contribution in [0.5, 0.6) is 0 Å². The Bertz CT molecular complexity index is 1020. The first-order chi connectivity index (χ1) is 14.1. The van der Waals surface area contributed by atoms with Crippen LogP contribution in [0.1, 0.15) is 24.1 Å². The minimum Gasteiger partial charge on any atom is -0.394 e. The number of hydrogen-bond donors (Lipinski definition) is 4. The molecular weight excluding hydrogens is 367 g/mol. The number of aromatic amines is 1. The van der Waals surface area contributed by atoms with Crippen LogP contribution in [0.15, 0.2) is 78.8 Å².